The highest BCUT2D eigenvalue weighted by atomic mass is 31.2. The van der Waals surface area contributed by atoms with Gasteiger partial charge in [-0.1, -0.05) is 356 Å². The van der Waals surface area contributed by atoms with E-state index in [1.54, 1.807) is 0 Å². The molecule has 570 valence electrons. The molecule has 3 N–H and O–H groups in total. The van der Waals surface area contributed by atoms with E-state index in [-0.39, 0.29) is 25.7 Å². The predicted molar refractivity (Wildman–Crippen MR) is 391 cm³/mol. The highest BCUT2D eigenvalue weighted by Gasteiger charge is 2.30. The first-order valence-electron chi connectivity index (χ1n) is 40.1. The third-order valence-electron chi connectivity index (χ3n) is 18.0. The number of phosphoric acid groups is 2. The van der Waals surface area contributed by atoms with Crippen LogP contribution in [0, 0.1) is 5.92 Å². The normalized spacial score (nSPS) is 13.9. The molecule has 96 heavy (non-hydrogen) atoms. The van der Waals surface area contributed by atoms with Gasteiger partial charge in [0, 0.05) is 25.7 Å². The Balaban J connectivity index is 5.19. The molecule has 0 aromatic heterocycles. The molecule has 0 aromatic carbocycles. The van der Waals surface area contributed by atoms with E-state index in [4.69, 9.17) is 37.0 Å². The lowest BCUT2D eigenvalue weighted by Gasteiger charge is -2.21. The molecule has 0 heterocycles. The number of hydrogen-bond donors (Lipinski definition) is 3. The van der Waals surface area contributed by atoms with Gasteiger partial charge in [-0.05, 0) is 31.6 Å². The van der Waals surface area contributed by atoms with Crippen LogP contribution in [-0.2, 0) is 65.4 Å². The van der Waals surface area contributed by atoms with Crippen molar-refractivity contribution in [2.45, 2.75) is 425 Å². The van der Waals surface area contributed by atoms with Crippen molar-refractivity contribution < 1.29 is 80.2 Å². The fraction of sp³-hybridized carbons (Fsp3) is 0.948. The van der Waals surface area contributed by atoms with Gasteiger partial charge >= 0.3 is 39.5 Å². The maximum atomic E-state index is 13.1. The van der Waals surface area contributed by atoms with E-state index in [1.807, 2.05) is 0 Å². The van der Waals surface area contributed by atoms with Crippen molar-refractivity contribution >= 4 is 39.5 Å². The number of phosphoric ester groups is 2. The summed E-state index contributed by atoms with van der Waals surface area (Å²) in [6.07, 6.45) is 59.8. The van der Waals surface area contributed by atoms with Crippen LogP contribution >= 0.6 is 15.6 Å². The second-order valence-corrected chi connectivity index (χ2v) is 31.1. The maximum Gasteiger partial charge on any atom is 0.472 e. The fourth-order valence-corrected chi connectivity index (χ4v) is 13.5. The van der Waals surface area contributed by atoms with E-state index in [2.05, 4.69) is 34.6 Å². The second-order valence-electron chi connectivity index (χ2n) is 28.2. The van der Waals surface area contributed by atoms with Gasteiger partial charge in [0.1, 0.15) is 19.3 Å². The molecule has 0 aliphatic heterocycles. The zero-order chi connectivity index (χ0) is 70.5. The molecular formula is C77H150O17P2. The average molecular weight is 1410 g/mol. The van der Waals surface area contributed by atoms with Gasteiger partial charge < -0.3 is 33.8 Å². The Morgan fingerprint density at radius 3 is 0.708 bits per heavy atom. The van der Waals surface area contributed by atoms with Crippen LogP contribution in [0.1, 0.15) is 407 Å². The molecular weight excluding hydrogens is 1260 g/mol. The summed E-state index contributed by atoms with van der Waals surface area (Å²) in [6.45, 7) is 7.28. The van der Waals surface area contributed by atoms with Crippen LogP contribution in [0.3, 0.4) is 0 Å². The molecule has 0 aliphatic carbocycles. The summed E-state index contributed by atoms with van der Waals surface area (Å²) in [5, 5.41) is 10.6. The predicted octanol–water partition coefficient (Wildman–Crippen LogP) is 22.9. The zero-order valence-corrected chi connectivity index (χ0v) is 64.3. The summed E-state index contributed by atoms with van der Waals surface area (Å²) >= 11 is 0. The Bertz CT molecular complexity index is 1840. The van der Waals surface area contributed by atoms with Crippen LogP contribution in [0.2, 0.25) is 0 Å². The van der Waals surface area contributed by atoms with Gasteiger partial charge in [-0.15, -0.1) is 0 Å². The van der Waals surface area contributed by atoms with Crippen LogP contribution in [0.5, 0.6) is 0 Å². The standard InChI is InChI=1S/C77H150O17P2/c1-6-9-12-15-18-20-22-24-26-28-30-32-37-41-46-51-56-61-75(80)88-67-73(94-77(82)62-57-52-47-42-38-33-31-29-27-25-23-21-19-16-13-10-7-2)69-92-96(85,86)90-65-71(78)64-89-95(83,84)91-68-72(66-87-74(79)60-55-50-44-17-14-11-8-3)93-76(81)63-58-53-48-43-39-35-34-36-40-45-49-54-59-70(4)5/h70-73,78H,6-69H2,1-5H3,(H,83,84)(H,85,86)/t71-,72+,73+/m0/s1. The molecule has 0 amide bonds. The van der Waals surface area contributed by atoms with Gasteiger partial charge in [0.2, 0.25) is 0 Å². The number of carbonyl (C=O) groups excluding carboxylic acids is 4. The van der Waals surface area contributed by atoms with Gasteiger partial charge in [-0.2, -0.15) is 0 Å². The number of aliphatic hydroxyl groups excluding tert-OH is 1. The van der Waals surface area contributed by atoms with Crippen molar-refractivity contribution in [3.05, 3.63) is 0 Å². The van der Waals surface area contributed by atoms with E-state index >= 15 is 0 Å². The summed E-state index contributed by atoms with van der Waals surface area (Å²) in [5.74, 6) is -1.34. The summed E-state index contributed by atoms with van der Waals surface area (Å²) in [4.78, 5) is 72.7. The van der Waals surface area contributed by atoms with Gasteiger partial charge in [0.05, 0.1) is 26.4 Å². The Labute approximate surface area is 588 Å². The Morgan fingerprint density at radius 2 is 0.479 bits per heavy atom. The van der Waals surface area contributed by atoms with Gasteiger partial charge in [0.15, 0.2) is 12.2 Å². The highest BCUT2D eigenvalue weighted by molar-refractivity contribution is 7.47. The molecule has 0 fully saturated rings. The number of rotatable bonds is 77. The fourth-order valence-electron chi connectivity index (χ4n) is 11.9. The lowest BCUT2D eigenvalue weighted by Crippen LogP contribution is -2.30. The van der Waals surface area contributed by atoms with E-state index in [9.17, 15) is 43.2 Å². The number of aliphatic hydroxyl groups is 1. The first kappa shape index (κ1) is 94.1. The molecule has 0 radical (unpaired) electrons. The van der Waals surface area contributed by atoms with Crippen molar-refractivity contribution in [3.63, 3.8) is 0 Å². The lowest BCUT2D eigenvalue weighted by atomic mass is 10.0. The van der Waals surface area contributed by atoms with Crippen LogP contribution in [0.4, 0.5) is 0 Å². The van der Waals surface area contributed by atoms with E-state index < -0.39 is 97.5 Å². The van der Waals surface area contributed by atoms with Crippen LogP contribution in [-0.4, -0.2) is 96.7 Å². The molecule has 17 nitrogen and oxygen atoms in total. The minimum Gasteiger partial charge on any atom is -0.462 e. The minimum atomic E-state index is -4.96. The average Bonchev–Trinajstić information content (AvgIpc) is 1.18. The molecule has 0 saturated carbocycles. The monoisotopic (exact) mass is 1410 g/mol. The molecule has 5 atom stereocenters. The molecule has 0 saturated heterocycles. The number of carbonyl (C=O) groups is 4. The van der Waals surface area contributed by atoms with Crippen molar-refractivity contribution in [3.8, 4) is 0 Å². The van der Waals surface area contributed by atoms with Crippen molar-refractivity contribution in [1.82, 2.24) is 0 Å². The highest BCUT2D eigenvalue weighted by Crippen LogP contribution is 2.45. The third-order valence-corrected chi connectivity index (χ3v) is 19.9. The topological polar surface area (TPSA) is 237 Å². The van der Waals surface area contributed by atoms with Crippen molar-refractivity contribution in [2.24, 2.45) is 5.92 Å². The Kier molecular flexibility index (Phi) is 68.7. The molecule has 0 spiro atoms. The number of hydrogen-bond acceptors (Lipinski definition) is 15. The quantitative estimate of drug-likeness (QED) is 0.0222. The summed E-state index contributed by atoms with van der Waals surface area (Å²) in [7, 11) is -9.91. The van der Waals surface area contributed by atoms with Gasteiger partial charge in [-0.3, -0.25) is 37.3 Å². The summed E-state index contributed by atoms with van der Waals surface area (Å²) < 4.78 is 68.5. The molecule has 0 rings (SSSR count). The van der Waals surface area contributed by atoms with Gasteiger partial charge in [0.25, 0.3) is 0 Å². The van der Waals surface area contributed by atoms with E-state index in [0.717, 1.165) is 109 Å². The molecule has 19 heteroatoms. The first-order chi connectivity index (χ1) is 46.5. The van der Waals surface area contributed by atoms with Gasteiger partial charge in [-0.25, -0.2) is 9.13 Å². The molecule has 0 aliphatic rings. The second kappa shape index (κ2) is 70.1. The van der Waals surface area contributed by atoms with Crippen molar-refractivity contribution in [2.75, 3.05) is 39.6 Å². The molecule has 0 bridgehead atoms. The number of esters is 4. The van der Waals surface area contributed by atoms with E-state index in [0.29, 0.717) is 25.7 Å². The zero-order valence-electron chi connectivity index (χ0n) is 62.5. The summed E-state index contributed by atoms with van der Waals surface area (Å²) in [6, 6.07) is 0. The largest absolute Gasteiger partial charge is 0.472 e. The third kappa shape index (κ3) is 70.5. The smallest absolute Gasteiger partial charge is 0.462 e. The van der Waals surface area contributed by atoms with E-state index in [1.165, 1.54) is 218 Å². The van der Waals surface area contributed by atoms with Crippen LogP contribution in [0.15, 0.2) is 0 Å². The Morgan fingerprint density at radius 1 is 0.281 bits per heavy atom. The minimum absolute atomic E-state index is 0.107. The summed E-state index contributed by atoms with van der Waals surface area (Å²) in [5.41, 5.74) is 0. The number of unbranched alkanes of at least 4 members (excludes halogenated alkanes) is 49. The Hall–Kier alpha value is -1.94. The first-order valence-corrected chi connectivity index (χ1v) is 43.1. The van der Waals surface area contributed by atoms with Crippen LogP contribution < -0.4 is 0 Å². The lowest BCUT2D eigenvalue weighted by molar-refractivity contribution is -0.161. The maximum absolute atomic E-state index is 13.1. The van der Waals surface area contributed by atoms with Crippen LogP contribution in [0.25, 0.3) is 0 Å². The molecule has 0 aromatic rings. The SMILES string of the molecule is CCCCCCCCCCCCCCCCCCCC(=O)OC[C@H](COP(=O)(O)OC[C@@H](O)COP(=O)(O)OC[C@@H](COC(=O)CCCCCCCCC)OC(=O)CCCCCCCCCCCCCCC(C)C)OC(=O)CCCCCCCCCCCCCCCCCCC. The molecule has 2 unspecified atom stereocenters. The number of ether oxygens (including phenoxy) is 4. The van der Waals surface area contributed by atoms with Crippen molar-refractivity contribution in [1.29, 1.82) is 0 Å².